The number of hydrogen-bond acceptors (Lipinski definition) is 2. The molecule has 0 spiro atoms. The van der Waals surface area contributed by atoms with Gasteiger partial charge in [0.15, 0.2) is 0 Å². The quantitative estimate of drug-likeness (QED) is 0.583. The van der Waals surface area contributed by atoms with Crippen molar-refractivity contribution in [3.63, 3.8) is 0 Å². The Morgan fingerprint density at radius 1 is 1.81 bits per heavy atom. The Hall–Kier alpha value is -0.850. The largest absolute Gasteiger partial charge is 0.404 e. The van der Waals surface area contributed by atoms with E-state index >= 15 is 0 Å². The van der Waals surface area contributed by atoms with Gasteiger partial charge in [-0.05, 0) is 20.3 Å². The molecular weight excluding hydrogens is 225 g/mol. The zero-order valence-corrected chi connectivity index (χ0v) is 10.3. The number of allylic oxidation sites excluding steroid dienone is 2. The van der Waals surface area contributed by atoms with Gasteiger partial charge in [-0.15, -0.1) is 6.42 Å². The molecular formula is C11H16NO3P. The van der Waals surface area contributed by atoms with Gasteiger partial charge in [-0.3, -0.25) is 4.52 Å². The van der Waals surface area contributed by atoms with Crippen LogP contribution in [0.1, 0.15) is 20.3 Å². The molecule has 0 aromatic carbocycles. The number of hydrogen-bond donors (Lipinski definition) is 2. The van der Waals surface area contributed by atoms with Gasteiger partial charge in [-0.1, -0.05) is 29.7 Å². The molecule has 0 amide bonds. The molecule has 5 heteroatoms. The predicted octanol–water partition coefficient (Wildman–Crippen LogP) is 1.99. The van der Waals surface area contributed by atoms with Gasteiger partial charge < -0.3 is 4.89 Å². The van der Waals surface area contributed by atoms with Crippen molar-refractivity contribution in [3.05, 3.63) is 23.8 Å². The fourth-order valence-corrected chi connectivity index (χ4v) is 2.56. The summed E-state index contributed by atoms with van der Waals surface area (Å²) in [6, 6.07) is 0. The number of terminal acetylenes is 1. The highest BCUT2D eigenvalue weighted by atomic mass is 31.2. The summed E-state index contributed by atoms with van der Waals surface area (Å²) in [6.45, 7) is 3.74. The van der Waals surface area contributed by atoms with E-state index in [9.17, 15) is 9.46 Å². The molecule has 0 bridgehead atoms. The van der Waals surface area contributed by atoms with Crippen LogP contribution in [-0.2, 0) is 9.09 Å². The van der Waals surface area contributed by atoms with Gasteiger partial charge in [-0.25, -0.2) is 9.65 Å². The first-order valence-corrected chi connectivity index (χ1v) is 6.61. The molecule has 0 aliphatic heterocycles. The summed E-state index contributed by atoms with van der Waals surface area (Å²) in [6.07, 6.45) is 11.3. The first-order valence-electron chi connectivity index (χ1n) is 5.03. The highest BCUT2D eigenvalue weighted by Crippen LogP contribution is 2.41. The molecule has 0 aromatic rings. The minimum absolute atomic E-state index is 0.153. The summed E-state index contributed by atoms with van der Waals surface area (Å²) in [7, 11) is -3.84. The molecule has 0 saturated carbocycles. The fourth-order valence-electron chi connectivity index (χ4n) is 1.41. The van der Waals surface area contributed by atoms with E-state index < -0.39 is 13.3 Å². The van der Waals surface area contributed by atoms with Gasteiger partial charge in [0, 0.05) is 0 Å². The number of nitrogens with one attached hydrogen (secondary N) is 1. The van der Waals surface area contributed by atoms with Crippen molar-refractivity contribution in [2.45, 2.75) is 25.8 Å². The van der Waals surface area contributed by atoms with Crippen molar-refractivity contribution in [1.29, 1.82) is 0 Å². The molecule has 1 aliphatic rings. The van der Waals surface area contributed by atoms with Gasteiger partial charge in [0.05, 0.1) is 6.61 Å². The van der Waals surface area contributed by atoms with E-state index in [1.54, 1.807) is 13.0 Å². The molecule has 4 nitrogen and oxygen atoms in total. The molecule has 16 heavy (non-hydrogen) atoms. The van der Waals surface area contributed by atoms with Gasteiger partial charge in [0.1, 0.15) is 5.54 Å². The third-order valence-electron chi connectivity index (χ3n) is 2.28. The van der Waals surface area contributed by atoms with E-state index in [2.05, 4.69) is 11.0 Å². The molecule has 0 aromatic heterocycles. The third-order valence-corrected chi connectivity index (χ3v) is 3.57. The Kier molecular flexibility index (Phi) is 4.12. The van der Waals surface area contributed by atoms with Crippen LogP contribution in [0, 0.1) is 12.3 Å². The summed E-state index contributed by atoms with van der Waals surface area (Å²) in [5, 5.41) is 2.50. The molecule has 2 atom stereocenters. The Labute approximate surface area is 96.0 Å². The Balaban J connectivity index is 2.83. The standard InChI is InChI=1S/C11H16NO3P/c1-4-11(8-6-10(3)7-9-11)12-16(13,14)15-5-2/h1,6-8H,5,9H2,2-3H3,(H2,12,13,14). The summed E-state index contributed by atoms with van der Waals surface area (Å²) in [5.74, 6) is 2.50. The zero-order chi connectivity index (χ0) is 12.2. The molecule has 0 radical (unpaired) electrons. The van der Waals surface area contributed by atoms with E-state index in [4.69, 9.17) is 10.9 Å². The molecule has 0 heterocycles. The minimum atomic E-state index is -3.84. The van der Waals surface area contributed by atoms with Crippen LogP contribution in [0.25, 0.3) is 0 Å². The SMILES string of the molecule is C#CC1(NP(=O)(O)OCC)C=CC(C)=CC1. The van der Waals surface area contributed by atoms with E-state index in [-0.39, 0.29) is 6.61 Å². The molecule has 0 saturated heterocycles. The molecule has 2 unspecified atom stereocenters. The van der Waals surface area contributed by atoms with E-state index in [1.165, 1.54) is 0 Å². The van der Waals surface area contributed by atoms with Crippen molar-refractivity contribution in [3.8, 4) is 12.3 Å². The maximum Gasteiger partial charge on any atom is 0.404 e. The smallest absolute Gasteiger partial charge is 0.312 e. The second kappa shape index (κ2) is 4.99. The third kappa shape index (κ3) is 3.33. The summed E-state index contributed by atoms with van der Waals surface area (Å²) in [5.41, 5.74) is 0.149. The Morgan fingerprint density at radius 2 is 2.50 bits per heavy atom. The second-order valence-corrected chi connectivity index (χ2v) is 5.17. The maximum absolute atomic E-state index is 11.6. The Bertz CT molecular complexity index is 408. The summed E-state index contributed by atoms with van der Waals surface area (Å²) >= 11 is 0. The average molecular weight is 241 g/mol. The van der Waals surface area contributed by atoms with E-state index in [0.29, 0.717) is 6.42 Å². The van der Waals surface area contributed by atoms with Crippen LogP contribution < -0.4 is 5.09 Å². The van der Waals surface area contributed by atoms with Crippen LogP contribution in [0.2, 0.25) is 0 Å². The zero-order valence-electron chi connectivity index (χ0n) is 9.43. The lowest BCUT2D eigenvalue weighted by atomic mass is 9.91. The minimum Gasteiger partial charge on any atom is -0.312 e. The second-order valence-electron chi connectivity index (χ2n) is 3.65. The molecule has 1 rings (SSSR count). The maximum atomic E-state index is 11.6. The van der Waals surface area contributed by atoms with Crippen LogP contribution in [0.15, 0.2) is 23.8 Å². The molecule has 0 fully saturated rings. The first-order chi connectivity index (χ1) is 7.43. The first kappa shape index (κ1) is 13.2. The lowest BCUT2D eigenvalue weighted by Crippen LogP contribution is -2.40. The lowest BCUT2D eigenvalue weighted by molar-refractivity contribution is 0.256. The summed E-state index contributed by atoms with van der Waals surface area (Å²) < 4.78 is 16.3. The molecule has 2 N–H and O–H groups in total. The molecule has 1 aliphatic carbocycles. The number of rotatable bonds is 4. The van der Waals surface area contributed by atoms with Crippen LogP contribution in [0.3, 0.4) is 0 Å². The van der Waals surface area contributed by atoms with Gasteiger partial charge >= 0.3 is 7.75 Å². The van der Waals surface area contributed by atoms with Crippen LogP contribution >= 0.6 is 7.75 Å². The summed E-state index contributed by atoms with van der Waals surface area (Å²) in [4.78, 5) is 9.50. The Morgan fingerprint density at radius 3 is 2.94 bits per heavy atom. The van der Waals surface area contributed by atoms with Crippen LogP contribution in [0.5, 0.6) is 0 Å². The van der Waals surface area contributed by atoms with E-state index in [1.807, 2.05) is 19.1 Å². The van der Waals surface area contributed by atoms with Crippen molar-refractivity contribution in [2.24, 2.45) is 0 Å². The van der Waals surface area contributed by atoms with Crippen molar-refractivity contribution in [2.75, 3.05) is 6.61 Å². The van der Waals surface area contributed by atoms with E-state index in [0.717, 1.165) is 5.57 Å². The average Bonchev–Trinajstić information content (AvgIpc) is 2.21. The fraction of sp³-hybridized carbons (Fsp3) is 0.455. The van der Waals surface area contributed by atoms with Gasteiger partial charge in [0.25, 0.3) is 0 Å². The predicted molar refractivity (Wildman–Crippen MR) is 63.7 cm³/mol. The topological polar surface area (TPSA) is 58.6 Å². The lowest BCUT2D eigenvalue weighted by Gasteiger charge is -2.29. The van der Waals surface area contributed by atoms with Crippen LogP contribution in [0.4, 0.5) is 0 Å². The molecule has 88 valence electrons. The van der Waals surface area contributed by atoms with Crippen molar-refractivity contribution in [1.82, 2.24) is 5.09 Å². The highest BCUT2D eigenvalue weighted by molar-refractivity contribution is 7.50. The monoisotopic (exact) mass is 241 g/mol. The van der Waals surface area contributed by atoms with Crippen molar-refractivity contribution < 1.29 is 14.0 Å². The normalized spacial score (nSPS) is 28.0. The van der Waals surface area contributed by atoms with Crippen molar-refractivity contribution >= 4 is 7.75 Å². The highest BCUT2D eigenvalue weighted by Gasteiger charge is 2.34. The van der Waals surface area contributed by atoms with Gasteiger partial charge in [-0.2, -0.15) is 0 Å². The van der Waals surface area contributed by atoms with Gasteiger partial charge in [0.2, 0.25) is 0 Å². The van der Waals surface area contributed by atoms with Crippen LogP contribution in [-0.4, -0.2) is 17.0 Å².